The average molecular weight is 794 g/mol. The van der Waals surface area contributed by atoms with E-state index in [9.17, 15) is 0 Å². The highest BCUT2D eigenvalue weighted by Crippen LogP contribution is 2.44. The van der Waals surface area contributed by atoms with Crippen LogP contribution >= 0.6 is 0 Å². The lowest BCUT2D eigenvalue weighted by molar-refractivity contribution is 0.669. The zero-order valence-electron chi connectivity index (χ0n) is 33.4. The molecule has 0 aliphatic rings. The van der Waals surface area contributed by atoms with E-state index < -0.39 is 0 Å². The van der Waals surface area contributed by atoms with Crippen molar-refractivity contribution in [3.05, 3.63) is 212 Å². The van der Waals surface area contributed by atoms with Gasteiger partial charge in [-0.2, -0.15) is 0 Å². The van der Waals surface area contributed by atoms with E-state index in [2.05, 4.69) is 184 Å². The van der Waals surface area contributed by atoms with Crippen molar-refractivity contribution in [2.24, 2.45) is 0 Å². The Bertz CT molecular complexity index is 3810. The fourth-order valence-electron chi connectivity index (χ4n) is 9.74. The maximum Gasteiger partial charge on any atom is 0.168 e. The molecule has 9 aromatic carbocycles. The Hall–Kier alpha value is -8.48. The first-order valence-electron chi connectivity index (χ1n) is 20.9. The summed E-state index contributed by atoms with van der Waals surface area (Å²) in [6, 6.07) is 75.2. The van der Waals surface area contributed by atoms with E-state index >= 15 is 0 Å². The molecular weight excluding hydrogens is 759 g/mol. The van der Waals surface area contributed by atoms with Crippen LogP contribution in [-0.4, -0.2) is 23.9 Å². The van der Waals surface area contributed by atoms with Gasteiger partial charge in [-0.25, -0.2) is 0 Å². The summed E-state index contributed by atoms with van der Waals surface area (Å²) in [7, 11) is 0. The summed E-state index contributed by atoms with van der Waals surface area (Å²) in [6.45, 7) is 0. The van der Waals surface area contributed by atoms with Crippen molar-refractivity contribution in [2.45, 2.75) is 0 Å². The Labute approximate surface area is 355 Å². The van der Waals surface area contributed by atoms with E-state index in [1.54, 1.807) is 0 Å². The molecule has 0 aliphatic carbocycles. The molecule has 0 unspecified atom stereocenters. The molecule has 4 heterocycles. The molecule has 0 saturated carbocycles. The second-order valence-corrected chi connectivity index (χ2v) is 15.8. The Morgan fingerprint density at radius 2 is 0.839 bits per heavy atom. The fraction of sp³-hybridized carbons (Fsp3) is 0. The highest BCUT2D eigenvalue weighted by molar-refractivity contribution is 6.24. The van der Waals surface area contributed by atoms with Gasteiger partial charge in [-0.1, -0.05) is 158 Å². The molecule has 0 fully saturated rings. The van der Waals surface area contributed by atoms with E-state index in [0.717, 1.165) is 95.0 Å². The third-order valence-electron chi connectivity index (χ3n) is 12.4. The molecule has 4 aromatic heterocycles. The van der Waals surface area contributed by atoms with E-state index in [-0.39, 0.29) is 0 Å². The first kappa shape index (κ1) is 34.4. The number of para-hydroxylation sites is 5. The van der Waals surface area contributed by atoms with Gasteiger partial charge in [0.25, 0.3) is 0 Å². The van der Waals surface area contributed by atoms with Gasteiger partial charge in [0.2, 0.25) is 0 Å². The highest BCUT2D eigenvalue weighted by Gasteiger charge is 2.24. The van der Waals surface area contributed by atoms with Crippen LogP contribution in [0.3, 0.4) is 0 Å². The van der Waals surface area contributed by atoms with Crippen LogP contribution in [-0.2, 0) is 0 Å². The van der Waals surface area contributed by atoms with E-state index in [1.165, 1.54) is 21.5 Å². The van der Waals surface area contributed by atoms with Crippen LogP contribution in [0, 0.1) is 0 Å². The van der Waals surface area contributed by atoms with Crippen molar-refractivity contribution in [1.82, 2.24) is 23.9 Å². The van der Waals surface area contributed by atoms with Gasteiger partial charge in [0.1, 0.15) is 11.2 Å². The summed E-state index contributed by atoms with van der Waals surface area (Å²) in [5, 5.41) is 16.6. The maximum absolute atomic E-state index is 6.49. The topological polar surface area (TPSA) is 53.7 Å². The summed E-state index contributed by atoms with van der Waals surface area (Å²) in [4.78, 5) is 0. The van der Waals surface area contributed by atoms with E-state index in [0.29, 0.717) is 0 Å². The molecule has 13 aromatic rings. The summed E-state index contributed by atoms with van der Waals surface area (Å²) in [5.41, 5.74) is 13.6. The zero-order chi connectivity index (χ0) is 40.7. The Kier molecular flexibility index (Phi) is 7.50. The normalized spacial score (nSPS) is 11.9. The van der Waals surface area contributed by atoms with Crippen LogP contribution in [0.25, 0.3) is 117 Å². The minimum atomic E-state index is 0.784. The van der Waals surface area contributed by atoms with Crippen molar-refractivity contribution < 1.29 is 4.42 Å². The van der Waals surface area contributed by atoms with Gasteiger partial charge in [-0.3, -0.25) is 4.57 Å². The predicted molar refractivity (Wildman–Crippen MR) is 254 cm³/mol. The van der Waals surface area contributed by atoms with Crippen molar-refractivity contribution in [3.63, 3.8) is 0 Å². The lowest BCUT2D eigenvalue weighted by atomic mass is 10.0. The maximum atomic E-state index is 6.49. The molecule has 0 amide bonds. The van der Waals surface area contributed by atoms with Gasteiger partial charge in [0.05, 0.1) is 44.5 Å². The Morgan fingerprint density at radius 3 is 1.52 bits per heavy atom. The minimum absolute atomic E-state index is 0.784. The van der Waals surface area contributed by atoms with Crippen molar-refractivity contribution in [2.75, 3.05) is 0 Å². The van der Waals surface area contributed by atoms with E-state index in [1.807, 2.05) is 42.5 Å². The summed E-state index contributed by atoms with van der Waals surface area (Å²) in [6.07, 6.45) is 0. The molecule has 0 N–H and O–H groups in total. The van der Waals surface area contributed by atoms with Gasteiger partial charge in [0, 0.05) is 49.2 Å². The summed E-state index contributed by atoms with van der Waals surface area (Å²) >= 11 is 0. The molecule has 0 aliphatic heterocycles. The molecule has 0 radical (unpaired) electrons. The molecular formula is C56H35N5O. The van der Waals surface area contributed by atoms with Crippen LogP contribution < -0.4 is 0 Å². The van der Waals surface area contributed by atoms with E-state index in [4.69, 9.17) is 14.6 Å². The lowest BCUT2D eigenvalue weighted by Gasteiger charge is -2.19. The molecule has 6 nitrogen and oxygen atoms in total. The predicted octanol–water partition coefficient (Wildman–Crippen LogP) is 14.4. The van der Waals surface area contributed by atoms with Gasteiger partial charge in [-0.05, 0) is 54.6 Å². The van der Waals surface area contributed by atoms with Crippen LogP contribution in [0.2, 0.25) is 0 Å². The number of nitrogens with zero attached hydrogens (tertiary/aromatic N) is 5. The number of aromatic nitrogens is 5. The molecule has 6 heteroatoms. The number of hydrogen-bond acceptors (Lipinski definition) is 3. The van der Waals surface area contributed by atoms with Crippen LogP contribution in [0.4, 0.5) is 0 Å². The monoisotopic (exact) mass is 793 g/mol. The first-order chi connectivity index (χ1) is 30.8. The molecule has 0 bridgehead atoms. The second kappa shape index (κ2) is 13.5. The Morgan fingerprint density at radius 1 is 0.339 bits per heavy atom. The van der Waals surface area contributed by atoms with Crippen LogP contribution in [0.15, 0.2) is 217 Å². The Balaban J connectivity index is 1.08. The smallest absolute Gasteiger partial charge is 0.168 e. The number of fused-ring (bicyclic) bond motifs is 10. The number of furan rings is 1. The first-order valence-corrected chi connectivity index (χ1v) is 20.9. The molecule has 0 atom stereocenters. The lowest BCUT2D eigenvalue weighted by Crippen LogP contribution is -2.03. The zero-order valence-corrected chi connectivity index (χ0v) is 33.4. The fourth-order valence-corrected chi connectivity index (χ4v) is 9.74. The molecule has 0 saturated heterocycles. The summed E-state index contributed by atoms with van der Waals surface area (Å²) < 4.78 is 13.6. The number of rotatable bonds is 6. The number of hydrogen-bond donors (Lipinski definition) is 0. The third-order valence-corrected chi connectivity index (χ3v) is 12.4. The van der Waals surface area contributed by atoms with Crippen LogP contribution in [0.5, 0.6) is 0 Å². The standard InChI is InChI=1S/C56H35N5O/c1-3-17-36(18-4-1)55-57-58-56(37-19-5-2-6-20-37)59(55)38-31-32-43-41-23-8-13-27-47(41)60(50(43)35-38)46-26-12-7-21-39(46)40-22-9-14-28-48(40)61-49-29-15-10-24-42(49)44-33-34-52-53(54(44)61)45-25-11-16-30-51(45)62-52/h1-35H. The van der Waals surface area contributed by atoms with Crippen molar-refractivity contribution in [1.29, 1.82) is 0 Å². The van der Waals surface area contributed by atoms with Crippen molar-refractivity contribution in [3.8, 4) is 51.0 Å². The van der Waals surface area contributed by atoms with Crippen LogP contribution in [0.1, 0.15) is 0 Å². The van der Waals surface area contributed by atoms with Gasteiger partial charge in [0.15, 0.2) is 11.6 Å². The average Bonchev–Trinajstić information content (AvgIpc) is 4.11. The molecule has 290 valence electrons. The second-order valence-electron chi connectivity index (χ2n) is 15.8. The molecule has 0 spiro atoms. The van der Waals surface area contributed by atoms with Gasteiger partial charge in [-0.15, -0.1) is 10.2 Å². The minimum Gasteiger partial charge on any atom is -0.456 e. The highest BCUT2D eigenvalue weighted by atomic mass is 16.3. The number of benzene rings is 9. The molecule has 62 heavy (non-hydrogen) atoms. The summed E-state index contributed by atoms with van der Waals surface area (Å²) in [5.74, 6) is 1.57. The SMILES string of the molecule is c1ccc(-c2nnc(-c3ccccc3)n2-c2ccc3c4ccccc4n(-c4ccccc4-c4ccccc4-n4c5ccccc5c5ccc6oc7ccccc7c6c54)c3c2)cc1. The van der Waals surface area contributed by atoms with Gasteiger partial charge >= 0.3 is 0 Å². The quantitative estimate of drug-likeness (QED) is 0.168. The molecule has 13 rings (SSSR count). The largest absolute Gasteiger partial charge is 0.456 e. The third kappa shape index (κ3) is 5.04. The van der Waals surface area contributed by atoms with Crippen molar-refractivity contribution >= 4 is 65.6 Å². The van der Waals surface area contributed by atoms with Gasteiger partial charge < -0.3 is 13.6 Å².